The number of nitrogens with two attached hydrogens (primary N) is 1. The molecule has 0 saturated carbocycles. The Labute approximate surface area is 93.2 Å². The van der Waals surface area contributed by atoms with Crippen molar-refractivity contribution in [3.05, 3.63) is 53.1 Å². The van der Waals surface area contributed by atoms with Crippen LogP contribution < -0.4 is 5.73 Å². The van der Waals surface area contributed by atoms with Gasteiger partial charge in [0.25, 0.3) is 5.69 Å². The predicted octanol–water partition coefficient (Wildman–Crippen LogP) is 2.41. The van der Waals surface area contributed by atoms with Crippen LogP contribution in [0.15, 0.2) is 43.0 Å². The molecule has 0 saturated heterocycles. The van der Waals surface area contributed by atoms with Gasteiger partial charge in [0.1, 0.15) is 0 Å². The number of hydrogen-bond acceptors (Lipinski definition) is 3. The summed E-state index contributed by atoms with van der Waals surface area (Å²) in [5, 5.41) is 17.2. The maximum absolute atomic E-state index is 10.0. The first-order valence-electron chi connectivity index (χ1n) is 4.20. The summed E-state index contributed by atoms with van der Waals surface area (Å²) in [4.78, 5) is 18.4. The molecule has 0 aliphatic carbocycles. The van der Waals surface area contributed by atoms with Crippen molar-refractivity contribution in [2.45, 2.75) is 6.92 Å². The monoisotopic (exact) mass is 226 g/mol. The highest BCUT2D eigenvalue weighted by atomic mass is 16.6. The van der Waals surface area contributed by atoms with Crippen molar-refractivity contribution in [2.24, 2.45) is 5.73 Å². The standard InChI is InChI=1S/C6H5NO2.C3H6.CH3NO2/c8-7(9)6-4-2-1-3-5-6;1-3-2;2-1(3)4/h1-5H;3H,1H2,2H3;2H2,(H,3,4). The maximum Gasteiger partial charge on any atom is 0.402 e. The highest BCUT2D eigenvalue weighted by Gasteiger charge is 1.98. The van der Waals surface area contributed by atoms with Crippen LogP contribution in [0.2, 0.25) is 0 Å². The van der Waals surface area contributed by atoms with E-state index in [4.69, 9.17) is 9.90 Å². The third-order valence-electron chi connectivity index (χ3n) is 0.967. The number of primary amides is 1. The van der Waals surface area contributed by atoms with E-state index >= 15 is 0 Å². The normalized spacial score (nSPS) is 7.31. The Bertz CT molecular complexity index is 321. The Morgan fingerprint density at radius 2 is 1.81 bits per heavy atom. The van der Waals surface area contributed by atoms with Crippen molar-refractivity contribution < 1.29 is 14.8 Å². The van der Waals surface area contributed by atoms with Crippen molar-refractivity contribution in [2.75, 3.05) is 0 Å². The quantitative estimate of drug-likeness (QED) is 0.435. The fraction of sp³-hybridized carbons (Fsp3) is 0.100. The van der Waals surface area contributed by atoms with Crippen molar-refractivity contribution in [3.8, 4) is 0 Å². The van der Waals surface area contributed by atoms with Crippen molar-refractivity contribution in [3.63, 3.8) is 0 Å². The molecule has 3 N–H and O–H groups in total. The fourth-order valence-corrected chi connectivity index (χ4v) is 0.550. The van der Waals surface area contributed by atoms with Gasteiger partial charge in [0.05, 0.1) is 4.92 Å². The van der Waals surface area contributed by atoms with Crippen LogP contribution in [-0.2, 0) is 0 Å². The molecule has 0 heterocycles. The van der Waals surface area contributed by atoms with Crippen LogP contribution in [0, 0.1) is 10.1 Å². The van der Waals surface area contributed by atoms with E-state index in [1.807, 2.05) is 6.92 Å². The third-order valence-corrected chi connectivity index (χ3v) is 0.967. The molecule has 6 heteroatoms. The van der Waals surface area contributed by atoms with Gasteiger partial charge in [-0.2, -0.15) is 0 Å². The molecule has 0 spiro atoms. The van der Waals surface area contributed by atoms with Gasteiger partial charge in [-0.25, -0.2) is 4.79 Å². The molecule has 0 fully saturated rings. The minimum Gasteiger partial charge on any atom is -0.465 e. The van der Waals surface area contributed by atoms with Gasteiger partial charge in [-0.15, -0.1) is 6.58 Å². The van der Waals surface area contributed by atoms with Crippen LogP contribution in [0.5, 0.6) is 0 Å². The molecule has 0 atom stereocenters. The van der Waals surface area contributed by atoms with Gasteiger partial charge < -0.3 is 10.8 Å². The first-order chi connectivity index (χ1) is 7.45. The summed E-state index contributed by atoms with van der Waals surface area (Å²) in [6.07, 6.45) is 0.417. The summed E-state index contributed by atoms with van der Waals surface area (Å²) in [6, 6.07) is 7.93. The van der Waals surface area contributed by atoms with E-state index in [9.17, 15) is 10.1 Å². The molecule has 0 aliphatic rings. The minimum atomic E-state index is -1.33. The van der Waals surface area contributed by atoms with Crippen molar-refractivity contribution in [1.82, 2.24) is 0 Å². The smallest absolute Gasteiger partial charge is 0.402 e. The van der Waals surface area contributed by atoms with Crippen LogP contribution in [-0.4, -0.2) is 16.1 Å². The predicted molar refractivity (Wildman–Crippen MR) is 61.2 cm³/mol. The number of carbonyl (C=O) groups is 1. The molecule has 0 aliphatic heterocycles. The van der Waals surface area contributed by atoms with Gasteiger partial charge in [-0.05, 0) is 6.92 Å². The van der Waals surface area contributed by atoms with E-state index in [1.165, 1.54) is 12.1 Å². The number of para-hydroxylation sites is 1. The summed E-state index contributed by atoms with van der Waals surface area (Å²) < 4.78 is 0. The largest absolute Gasteiger partial charge is 0.465 e. The molecule has 0 unspecified atom stereocenters. The van der Waals surface area contributed by atoms with Gasteiger partial charge in [0.15, 0.2) is 0 Å². The zero-order valence-electron chi connectivity index (χ0n) is 8.87. The van der Waals surface area contributed by atoms with Crippen LogP contribution in [0.1, 0.15) is 6.92 Å². The van der Waals surface area contributed by atoms with E-state index in [0.29, 0.717) is 0 Å². The summed E-state index contributed by atoms with van der Waals surface area (Å²) in [7, 11) is 0. The average Bonchev–Trinajstić information content (AvgIpc) is 2.19. The zero-order chi connectivity index (χ0) is 13.0. The van der Waals surface area contributed by atoms with Gasteiger partial charge in [-0.3, -0.25) is 10.1 Å². The minimum absolute atomic E-state index is 0.137. The number of carboxylic acid groups (broad SMARTS) is 1. The van der Waals surface area contributed by atoms with E-state index in [0.717, 1.165) is 0 Å². The number of nitrogens with zero attached hydrogens (tertiary/aromatic N) is 1. The summed E-state index contributed by atoms with van der Waals surface area (Å²) in [6.45, 7) is 5.25. The fourth-order valence-electron chi connectivity index (χ4n) is 0.550. The number of allylic oxidation sites excluding steroid dienone is 1. The van der Waals surface area contributed by atoms with Gasteiger partial charge in [-0.1, -0.05) is 24.3 Å². The lowest BCUT2D eigenvalue weighted by Gasteiger charge is -1.85. The number of hydrogen-bond donors (Lipinski definition) is 2. The van der Waals surface area contributed by atoms with E-state index in [1.54, 1.807) is 24.3 Å². The Balaban J connectivity index is 0. The van der Waals surface area contributed by atoms with Crippen molar-refractivity contribution in [1.29, 1.82) is 0 Å². The van der Waals surface area contributed by atoms with E-state index in [-0.39, 0.29) is 5.69 Å². The second kappa shape index (κ2) is 10.7. The van der Waals surface area contributed by atoms with E-state index < -0.39 is 11.0 Å². The second-order valence-corrected chi connectivity index (χ2v) is 2.34. The topological polar surface area (TPSA) is 106 Å². The van der Waals surface area contributed by atoms with Gasteiger partial charge in [0.2, 0.25) is 0 Å². The Morgan fingerprint density at radius 1 is 1.50 bits per heavy atom. The Hall–Kier alpha value is -2.37. The lowest BCUT2D eigenvalue weighted by molar-refractivity contribution is -0.384. The molecule has 0 aromatic heterocycles. The first-order valence-corrected chi connectivity index (χ1v) is 4.20. The van der Waals surface area contributed by atoms with Crippen LogP contribution in [0.4, 0.5) is 10.5 Å². The first kappa shape index (κ1) is 16.1. The number of rotatable bonds is 1. The molecule has 16 heavy (non-hydrogen) atoms. The molecule has 0 radical (unpaired) electrons. The lowest BCUT2D eigenvalue weighted by Crippen LogP contribution is -2.03. The molecule has 1 amide bonds. The molecule has 88 valence electrons. The van der Waals surface area contributed by atoms with Crippen molar-refractivity contribution >= 4 is 11.8 Å². The molecule has 6 nitrogen and oxygen atoms in total. The number of non-ortho nitro benzene ring substituents is 1. The second-order valence-electron chi connectivity index (χ2n) is 2.34. The maximum atomic E-state index is 10.0. The highest BCUT2D eigenvalue weighted by Crippen LogP contribution is 2.06. The van der Waals surface area contributed by atoms with Crippen LogP contribution >= 0.6 is 0 Å². The molecular formula is C10H14N2O4. The number of nitro groups is 1. The SMILES string of the molecule is C=CC.NC(=O)O.O=[N+]([O-])c1ccccc1. The summed E-state index contributed by atoms with van der Waals surface area (Å²) >= 11 is 0. The number of amides is 1. The summed E-state index contributed by atoms with van der Waals surface area (Å²) in [5.74, 6) is 0. The molecule has 1 aromatic carbocycles. The number of benzene rings is 1. The average molecular weight is 226 g/mol. The Morgan fingerprint density at radius 3 is 2.00 bits per heavy atom. The molecule has 1 rings (SSSR count). The zero-order valence-corrected chi connectivity index (χ0v) is 8.87. The lowest BCUT2D eigenvalue weighted by atomic mass is 10.3. The Kier molecular flexibility index (Phi) is 10.8. The highest BCUT2D eigenvalue weighted by molar-refractivity contribution is 5.61. The van der Waals surface area contributed by atoms with Gasteiger partial charge in [0, 0.05) is 12.1 Å². The van der Waals surface area contributed by atoms with Crippen LogP contribution in [0.3, 0.4) is 0 Å². The molecule has 1 aromatic rings. The molecular weight excluding hydrogens is 212 g/mol. The molecule has 0 bridgehead atoms. The van der Waals surface area contributed by atoms with E-state index in [2.05, 4.69) is 12.3 Å². The third kappa shape index (κ3) is 14.2. The van der Waals surface area contributed by atoms with Gasteiger partial charge >= 0.3 is 6.09 Å². The number of nitro benzene ring substituents is 1. The summed E-state index contributed by atoms with van der Waals surface area (Å²) in [5.41, 5.74) is 4.16. The van der Waals surface area contributed by atoms with Crippen LogP contribution in [0.25, 0.3) is 0 Å².